The maximum absolute atomic E-state index is 4.77. The lowest BCUT2D eigenvalue weighted by Crippen LogP contribution is -1.93. The van der Waals surface area contributed by atoms with Crippen molar-refractivity contribution < 1.29 is 0 Å². The second-order valence-electron chi connectivity index (χ2n) is 12.8. The van der Waals surface area contributed by atoms with Gasteiger partial charge in [-0.25, -0.2) is 0 Å². The number of aryl methyl sites for hydroxylation is 1. The molecule has 0 aliphatic rings. The van der Waals surface area contributed by atoms with Gasteiger partial charge in [-0.1, -0.05) is 175 Å². The van der Waals surface area contributed by atoms with Crippen LogP contribution in [0.2, 0.25) is 0 Å². The molecule has 9 rings (SSSR count). The topological polar surface area (TPSA) is 12.9 Å². The zero-order valence-electron chi connectivity index (χ0n) is 27.3. The monoisotopic (exact) mass is 623 g/mol. The van der Waals surface area contributed by atoms with Gasteiger partial charge in [0.2, 0.25) is 0 Å². The molecule has 0 N–H and O–H groups in total. The van der Waals surface area contributed by atoms with Crippen molar-refractivity contribution in [2.75, 3.05) is 0 Å². The van der Waals surface area contributed by atoms with E-state index in [-0.39, 0.29) is 0 Å². The van der Waals surface area contributed by atoms with Crippen molar-refractivity contribution in [2.24, 2.45) is 0 Å². The van der Waals surface area contributed by atoms with E-state index in [1.165, 1.54) is 71.3 Å². The van der Waals surface area contributed by atoms with Crippen LogP contribution in [-0.2, 0) is 0 Å². The lowest BCUT2D eigenvalue weighted by atomic mass is 9.83. The predicted octanol–water partition coefficient (Wildman–Crippen LogP) is 13.2. The van der Waals surface area contributed by atoms with Gasteiger partial charge < -0.3 is 0 Å². The molecule has 49 heavy (non-hydrogen) atoms. The Hall–Kier alpha value is -6.31. The molecule has 0 aliphatic heterocycles. The van der Waals surface area contributed by atoms with Gasteiger partial charge in [-0.05, 0) is 84.3 Å². The van der Waals surface area contributed by atoms with Crippen molar-refractivity contribution in [3.8, 4) is 55.8 Å². The molecule has 0 radical (unpaired) electrons. The van der Waals surface area contributed by atoms with Crippen LogP contribution in [0, 0.1) is 6.92 Å². The molecule has 0 aliphatic carbocycles. The Kier molecular flexibility index (Phi) is 7.10. The molecule has 0 saturated carbocycles. The van der Waals surface area contributed by atoms with Crippen molar-refractivity contribution in [3.63, 3.8) is 0 Å². The summed E-state index contributed by atoms with van der Waals surface area (Å²) in [5, 5.41) is 7.55. The van der Waals surface area contributed by atoms with E-state index >= 15 is 0 Å². The minimum absolute atomic E-state index is 0.997. The predicted molar refractivity (Wildman–Crippen MR) is 209 cm³/mol. The summed E-state index contributed by atoms with van der Waals surface area (Å²) in [6, 6.07) is 63.8. The number of rotatable bonds is 5. The van der Waals surface area contributed by atoms with Crippen LogP contribution in [0.5, 0.6) is 0 Å². The van der Waals surface area contributed by atoms with E-state index in [1.807, 2.05) is 18.3 Å². The first-order valence-corrected chi connectivity index (χ1v) is 16.9. The van der Waals surface area contributed by atoms with Crippen molar-refractivity contribution in [2.45, 2.75) is 6.92 Å². The first-order chi connectivity index (χ1) is 24.2. The van der Waals surface area contributed by atoms with Crippen LogP contribution in [0.1, 0.15) is 5.56 Å². The molecule has 0 atom stereocenters. The summed E-state index contributed by atoms with van der Waals surface area (Å²) in [5.41, 5.74) is 13.2. The Morgan fingerprint density at radius 3 is 1.41 bits per heavy atom. The molecule has 8 aromatic carbocycles. The van der Waals surface area contributed by atoms with Crippen molar-refractivity contribution in [3.05, 3.63) is 188 Å². The largest absolute Gasteiger partial charge is 0.256 e. The molecule has 0 saturated heterocycles. The summed E-state index contributed by atoms with van der Waals surface area (Å²) in [5.74, 6) is 0. The lowest BCUT2D eigenvalue weighted by molar-refractivity contribution is 1.32. The first-order valence-electron chi connectivity index (χ1n) is 16.9. The summed E-state index contributed by atoms with van der Waals surface area (Å²) in [6.07, 6.45) is 1.87. The SMILES string of the molecule is Cc1ccc(-c2ccc(-c3c4ccccc4c(-c4ccc(-c5cccnc5-c5ccccc5)cc4)c4ccccc34)c3ccccc23)cc1. The molecule has 0 fully saturated rings. The highest BCUT2D eigenvalue weighted by Gasteiger charge is 2.19. The van der Waals surface area contributed by atoms with Crippen LogP contribution < -0.4 is 0 Å². The Bertz CT molecular complexity index is 2580. The molecule has 0 amide bonds. The van der Waals surface area contributed by atoms with Gasteiger partial charge in [-0.2, -0.15) is 0 Å². The molecule has 9 aromatic rings. The fraction of sp³-hybridized carbons (Fsp3) is 0.0208. The molecular weight excluding hydrogens is 591 g/mol. The third-order valence-corrected chi connectivity index (χ3v) is 9.83. The maximum atomic E-state index is 4.77. The number of fused-ring (bicyclic) bond motifs is 3. The Morgan fingerprint density at radius 2 is 0.776 bits per heavy atom. The van der Waals surface area contributed by atoms with E-state index < -0.39 is 0 Å². The minimum atomic E-state index is 0.997. The van der Waals surface area contributed by atoms with Crippen molar-refractivity contribution in [1.29, 1.82) is 0 Å². The van der Waals surface area contributed by atoms with Crippen LogP contribution in [-0.4, -0.2) is 4.98 Å². The Morgan fingerprint density at radius 1 is 0.306 bits per heavy atom. The molecule has 1 aromatic heterocycles. The highest BCUT2D eigenvalue weighted by molar-refractivity contribution is 6.24. The van der Waals surface area contributed by atoms with Crippen LogP contribution in [0.4, 0.5) is 0 Å². The molecule has 230 valence electrons. The summed E-state index contributed by atoms with van der Waals surface area (Å²) >= 11 is 0. The van der Waals surface area contributed by atoms with Gasteiger partial charge in [0, 0.05) is 17.3 Å². The average molecular weight is 624 g/mol. The van der Waals surface area contributed by atoms with E-state index in [2.05, 4.69) is 171 Å². The van der Waals surface area contributed by atoms with E-state index in [9.17, 15) is 0 Å². The quantitative estimate of drug-likeness (QED) is 0.174. The third-order valence-electron chi connectivity index (χ3n) is 9.83. The number of hydrogen-bond donors (Lipinski definition) is 0. The van der Waals surface area contributed by atoms with E-state index in [0.29, 0.717) is 0 Å². The van der Waals surface area contributed by atoms with Gasteiger partial charge in [-0.15, -0.1) is 0 Å². The van der Waals surface area contributed by atoms with Crippen LogP contribution in [0.25, 0.3) is 88.1 Å². The van der Waals surface area contributed by atoms with Crippen LogP contribution >= 0.6 is 0 Å². The molecule has 1 heterocycles. The van der Waals surface area contributed by atoms with Crippen molar-refractivity contribution in [1.82, 2.24) is 4.98 Å². The van der Waals surface area contributed by atoms with Crippen LogP contribution in [0.15, 0.2) is 182 Å². The molecular formula is C48H33N. The van der Waals surface area contributed by atoms with Gasteiger partial charge in [0.15, 0.2) is 0 Å². The van der Waals surface area contributed by atoms with Crippen LogP contribution in [0.3, 0.4) is 0 Å². The summed E-state index contributed by atoms with van der Waals surface area (Å²) in [6.45, 7) is 2.14. The molecule has 0 unspecified atom stereocenters. The fourth-order valence-electron chi connectivity index (χ4n) is 7.51. The molecule has 0 spiro atoms. The highest BCUT2D eigenvalue weighted by Crippen LogP contribution is 2.46. The first kappa shape index (κ1) is 28.9. The normalized spacial score (nSPS) is 11.4. The molecule has 1 heteroatoms. The lowest BCUT2D eigenvalue weighted by Gasteiger charge is -2.20. The summed E-state index contributed by atoms with van der Waals surface area (Å²) < 4.78 is 0. The number of aromatic nitrogens is 1. The van der Waals surface area contributed by atoms with E-state index in [0.717, 1.165) is 22.4 Å². The van der Waals surface area contributed by atoms with E-state index in [1.54, 1.807) is 0 Å². The molecule has 0 bridgehead atoms. The van der Waals surface area contributed by atoms with Gasteiger partial charge in [0.05, 0.1) is 5.69 Å². The second-order valence-corrected chi connectivity index (χ2v) is 12.8. The summed E-state index contributed by atoms with van der Waals surface area (Å²) in [4.78, 5) is 4.77. The summed E-state index contributed by atoms with van der Waals surface area (Å²) in [7, 11) is 0. The zero-order valence-corrected chi connectivity index (χ0v) is 27.3. The van der Waals surface area contributed by atoms with Crippen molar-refractivity contribution >= 4 is 32.3 Å². The highest BCUT2D eigenvalue weighted by atomic mass is 14.7. The van der Waals surface area contributed by atoms with Gasteiger partial charge in [0.1, 0.15) is 0 Å². The smallest absolute Gasteiger partial charge is 0.0780 e. The number of nitrogens with zero attached hydrogens (tertiary/aromatic N) is 1. The standard InChI is InChI=1S/C48H33N/c1-32-21-23-33(24-22-32)37-29-30-45(40-15-6-5-14-39(37)40)47-43-18-9-7-16-41(43)46(42-17-8-10-19-44(42)47)35-27-25-34(26-28-35)38-20-11-31-49-48(38)36-12-3-2-4-13-36/h2-31H,1H3. The number of hydrogen-bond acceptors (Lipinski definition) is 1. The van der Waals surface area contributed by atoms with Gasteiger partial charge >= 0.3 is 0 Å². The Labute approximate surface area is 286 Å². The average Bonchev–Trinajstić information content (AvgIpc) is 3.17. The second kappa shape index (κ2) is 12.0. The number of benzene rings is 8. The zero-order chi connectivity index (χ0) is 32.7. The molecule has 1 nitrogen and oxygen atoms in total. The number of pyridine rings is 1. The van der Waals surface area contributed by atoms with E-state index in [4.69, 9.17) is 4.98 Å². The Balaban J connectivity index is 1.24. The van der Waals surface area contributed by atoms with Gasteiger partial charge in [-0.3, -0.25) is 4.98 Å². The minimum Gasteiger partial charge on any atom is -0.256 e. The maximum Gasteiger partial charge on any atom is 0.0780 e. The third kappa shape index (κ3) is 4.99. The fourth-order valence-corrected chi connectivity index (χ4v) is 7.51. The van der Waals surface area contributed by atoms with Gasteiger partial charge in [0.25, 0.3) is 0 Å².